The van der Waals surface area contributed by atoms with Crippen LogP contribution in [-0.4, -0.2) is 19.9 Å². The second-order valence-electron chi connectivity index (χ2n) is 5.98. The van der Waals surface area contributed by atoms with Crippen molar-refractivity contribution >= 4 is 17.1 Å². The quantitative estimate of drug-likeness (QED) is 0.714. The highest BCUT2D eigenvalue weighted by Crippen LogP contribution is 2.31. The van der Waals surface area contributed by atoms with Crippen molar-refractivity contribution in [3.8, 4) is 11.5 Å². The van der Waals surface area contributed by atoms with Gasteiger partial charge in [-0.25, -0.2) is 4.99 Å². The van der Waals surface area contributed by atoms with Crippen LogP contribution in [0, 0.1) is 13.8 Å². The fourth-order valence-electron chi connectivity index (χ4n) is 2.67. The number of anilines is 1. The Morgan fingerprint density at radius 3 is 2.16 bits per heavy atom. The van der Waals surface area contributed by atoms with Crippen LogP contribution >= 0.6 is 0 Å². The van der Waals surface area contributed by atoms with E-state index in [0.29, 0.717) is 0 Å². The van der Waals surface area contributed by atoms with Crippen molar-refractivity contribution in [2.45, 2.75) is 27.7 Å². The third-order valence-electron chi connectivity index (χ3n) is 3.91. The first-order chi connectivity index (χ1) is 12.0. The van der Waals surface area contributed by atoms with Crippen molar-refractivity contribution in [3.05, 3.63) is 59.3 Å². The highest BCUT2D eigenvalue weighted by Gasteiger charge is 2.07. The second kappa shape index (κ2) is 8.38. The molecule has 2 aromatic carbocycles. The van der Waals surface area contributed by atoms with Gasteiger partial charge >= 0.3 is 0 Å². The summed E-state index contributed by atoms with van der Waals surface area (Å²) in [6.07, 6.45) is 2.01. The van der Waals surface area contributed by atoms with E-state index in [-0.39, 0.29) is 0 Å². The molecule has 2 rings (SSSR count). The van der Waals surface area contributed by atoms with Gasteiger partial charge in [-0.3, -0.25) is 0 Å². The summed E-state index contributed by atoms with van der Waals surface area (Å²) in [5, 5.41) is 3.41. The topological polar surface area (TPSA) is 42.8 Å². The summed E-state index contributed by atoms with van der Waals surface area (Å²) in [4.78, 5) is 4.72. The van der Waals surface area contributed by atoms with Crippen LogP contribution in [0.4, 0.5) is 11.4 Å². The van der Waals surface area contributed by atoms with Crippen LogP contribution in [0.5, 0.6) is 11.5 Å². The van der Waals surface area contributed by atoms with Crippen LogP contribution in [0.25, 0.3) is 0 Å². The van der Waals surface area contributed by atoms with E-state index in [9.17, 15) is 0 Å². The van der Waals surface area contributed by atoms with E-state index in [2.05, 4.69) is 18.3 Å². The Bertz CT molecular complexity index is 808. The number of ether oxygens (including phenoxy) is 2. The number of hydrogen-bond acceptors (Lipinski definition) is 4. The molecule has 4 heteroatoms. The molecule has 0 spiro atoms. The lowest BCUT2D eigenvalue weighted by molar-refractivity contribution is 0.416. The van der Waals surface area contributed by atoms with Gasteiger partial charge in [0.2, 0.25) is 0 Å². The van der Waals surface area contributed by atoms with Crippen LogP contribution in [0.1, 0.15) is 25.0 Å². The summed E-state index contributed by atoms with van der Waals surface area (Å²) in [6, 6.07) is 11.9. The third-order valence-corrected chi connectivity index (χ3v) is 3.91. The van der Waals surface area contributed by atoms with Crippen molar-refractivity contribution in [2.24, 2.45) is 4.99 Å². The van der Waals surface area contributed by atoms with Crippen LogP contribution < -0.4 is 14.8 Å². The minimum absolute atomic E-state index is 0.777. The van der Waals surface area contributed by atoms with Crippen LogP contribution in [-0.2, 0) is 0 Å². The molecule has 25 heavy (non-hydrogen) atoms. The van der Waals surface area contributed by atoms with Crippen LogP contribution in [0.2, 0.25) is 0 Å². The lowest BCUT2D eigenvalue weighted by atomic mass is 10.1. The van der Waals surface area contributed by atoms with E-state index in [0.717, 1.165) is 45.4 Å². The van der Waals surface area contributed by atoms with E-state index in [1.807, 2.05) is 57.2 Å². The Kier molecular flexibility index (Phi) is 6.23. The largest absolute Gasteiger partial charge is 0.495 e. The summed E-state index contributed by atoms with van der Waals surface area (Å²) < 4.78 is 10.9. The maximum Gasteiger partial charge on any atom is 0.144 e. The van der Waals surface area contributed by atoms with E-state index in [1.54, 1.807) is 14.2 Å². The van der Waals surface area contributed by atoms with E-state index >= 15 is 0 Å². The Morgan fingerprint density at radius 2 is 1.52 bits per heavy atom. The smallest absolute Gasteiger partial charge is 0.144 e. The van der Waals surface area contributed by atoms with Crippen molar-refractivity contribution in [2.75, 3.05) is 19.5 Å². The average Bonchev–Trinajstić information content (AvgIpc) is 2.58. The number of benzene rings is 2. The SMILES string of the molecule is COc1cccc(C)c1N=C(C)/C=C(/C)Nc1c(C)cccc1OC. The zero-order chi connectivity index (χ0) is 18.4. The number of para-hydroxylation sites is 2. The second-order valence-corrected chi connectivity index (χ2v) is 5.98. The minimum atomic E-state index is 0.777. The fourth-order valence-corrected chi connectivity index (χ4v) is 2.67. The lowest BCUT2D eigenvalue weighted by Crippen LogP contribution is -2.02. The summed E-state index contributed by atoms with van der Waals surface area (Å²) in [5.41, 5.74) is 5.92. The van der Waals surface area contributed by atoms with Gasteiger partial charge in [-0.05, 0) is 57.0 Å². The average molecular weight is 338 g/mol. The molecule has 132 valence electrons. The zero-order valence-corrected chi connectivity index (χ0v) is 15.8. The molecule has 1 N–H and O–H groups in total. The molecule has 0 saturated heterocycles. The Hall–Kier alpha value is -2.75. The molecule has 2 aromatic rings. The van der Waals surface area contributed by atoms with Crippen molar-refractivity contribution in [1.82, 2.24) is 0 Å². The zero-order valence-electron chi connectivity index (χ0n) is 15.8. The molecule has 0 atom stereocenters. The molecule has 0 aliphatic carbocycles. The molecule has 0 radical (unpaired) electrons. The molecular formula is C21H26N2O2. The predicted octanol–water partition coefficient (Wildman–Crippen LogP) is 5.43. The highest BCUT2D eigenvalue weighted by atomic mass is 16.5. The molecule has 0 saturated carbocycles. The standard InChI is InChI=1S/C21H26N2O2/c1-14-9-7-11-18(24-5)20(14)22-16(3)13-17(4)23-21-15(2)10-8-12-19(21)25-6/h7-13,22H,1-6H3/b16-13-,23-17?. The van der Waals surface area contributed by atoms with Gasteiger partial charge in [-0.1, -0.05) is 24.3 Å². The number of methoxy groups -OCH3 is 2. The molecule has 0 unspecified atom stereocenters. The molecule has 0 aliphatic rings. The molecule has 4 nitrogen and oxygen atoms in total. The summed E-state index contributed by atoms with van der Waals surface area (Å²) in [5.74, 6) is 1.60. The molecule has 0 aliphatic heterocycles. The first-order valence-corrected chi connectivity index (χ1v) is 8.24. The summed E-state index contributed by atoms with van der Waals surface area (Å²) >= 11 is 0. The third kappa shape index (κ3) is 4.63. The van der Waals surface area contributed by atoms with Crippen molar-refractivity contribution in [1.29, 1.82) is 0 Å². The highest BCUT2D eigenvalue weighted by molar-refractivity contribution is 5.96. The first-order valence-electron chi connectivity index (χ1n) is 8.24. The van der Waals surface area contributed by atoms with Gasteiger partial charge in [-0.15, -0.1) is 0 Å². The lowest BCUT2D eigenvalue weighted by Gasteiger charge is -2.14. The number of nitrogens with one attached hydrogen (secondary N) is 1. The van der Waals surface area contributed by atoms with Crippen molar-refractivity contribution in [3.63, 3.8) is 0 Å². The Balaban J connectivity index is 2.29. The van der Waals surface area contributed by atoms with Crippen LogP contribution in [0.3, 0.4) is 0 Å². The molecule has 0 aromatic heterocycles. The number of allylic oxidation sites excluding steroid dienone is 2. The minimum Gasteiger partial charge on any atom is -0.495 e. The maximum absolute atomic E-state index is 5.44. The predicted molar refractivity (Wildman–Crippen MR) is 106 cm³/mol. The van der Waals surface area contributed by atoms with Gasteiger partial charge in [0.15, 0.2) is 0 Å². The number of aryl methyl sites for hydroxylation is 2. The van der Waals surface area contributed by atoms with Gasteiger partial charge < -0.3 is 14.8 Å². The number of aliphatic imine (C=N–C) groups is 1. The fraction of sp³-hybridized carbons (Fsp3) is 0.286. The van der Waals surface area contributed by atoms with Gasteiger partial charge in [-0.2, -0.15) is 0 Å². The van der Waals surface area contributed by atoms with Gasteiger partial charge in [0.25, 0.3) is 0 Å². The Labute approximate surface area is 150 Å². The summed E-state index contributed by atoms with van der Waals surface area (Å²) in [7, 11) is 3.34. The number of nitrogens with zero attached hydrogens (tertiary/aromatic N) is 1. The van der Waals surface area contributed by atoms with E-state index in [4.69, 9.17) is 14.5 Å². The number of rotatable bonds is 6. The molecule has 0 heterocycles. The van der Waals surface area contributed by atoms with E-state index in [1.165, 1.54) is 0 Å². The monoisotopic (exact) mass is 338 g/mol. The van der Waals surface area contributed by atoms with Gasteiger partial charge in [0.05, 0.1) is 19.9 Å². The van der Waals surface area contributed by atoms with Crippen molar-refractivity contribution < 1.29 is 9.47 Å². The maximum atomic E-state index is 5.44. The van der Waals surface area contributed by atoms with Crippen LogP contribution in [0.15, 0.2) is 53.2 Å². The molecule has 0 fully saturated rings. The molecule has 0 amide bonds. The summed E-state index contributed by atoms with van der Waals surface area (Å²) in [6.45, 7) is 8.07. The van der Waals surface area contributed by atoms with E-state index < -0.39 is 0 Å². The Morgan fingerprint density at radius 1 is 0.920 bits per heavy atom. The number of hydrogen-bond donors (Lipinski definition) is 1. The first kappa shape index (κ1) is 18.6. The normalized spacial score (nSPS) is 12.1. The van der Waals surface area contributed by atoms with Gasteiger partial charge in [0, 0.05) is 11.4 Å². The van der Waals surface area contributed by atoms with Gasteiger partial charge in [0.1, 0.15) is 17.2 Å². The molecular weight excluding hydrogens is 312 g/mol. The molecule has 0 bridgehead atoms.